The minimum atomic E-state index is -0.432. The van der Waals surface area contributed by atoms with E-state index in [2.05, 4.69) is 10.2 Å². The van der Waals surface area contributed by atoms with Gasteiger partial charge in [-0.05, 0) is 56.9 Å². The van der Waals surface area contributed by atoms with E-state index in [0.29, 0.717) is 47.9 Å². The highest BCUT2D eigenvalue weighted by atomic mass is 16.6. The molecule has 0 aliphatic carbocycles. The summed E-state index contributed by atoms with van der Waals surface area (Å²) in [4.78, 5) is 28.0. The lowest BCUT2D eigenvalue weighted by molar-refractivity contribution is 0.0214. The molecule has 0 unspecified atom stereocenters. The van der Waals surface area contributed by atoms with Crippen molar-refractivity contribution < 1.29 is 23.4 Å². The number of hydrogen-bond donors (Lipinski definition) is 1. The Hall–Kier alpha value is -3.36. The summed E-state index contributed by atoms with van der Waals surface area (Å²) in [7, 11) is 1.61. The predicted octanol–water partition coefficient (Wildman–Crippen LogP) is 5.08. The second-order valence-electron chi connectivity index (χ2n) is 9.38. The van der Waals surface area contributed by atoms with Crippen molar-refractivity contribution in [2.24, 2.45) is 0 Å². The molecule has 1 atom stereocenters. The van der Waals surface area contributed by atoms with Crippen LogP contribution in [-0.4, -0.2) is 52.6 Å². The highest BCUT2D eigenvalue weighted by Gasteiger charge is 2.21. The van der Waals surface area contributed by atoms with Gasteiger partial charge in [0, 0.05) is 37.5 Å². The number of ether oxygens (including phenoxy) is 3. The van der Waals surface area contributed by atoms with Crippen LogP contribution < -0.4 is 15.6 Å². The highest BCUT2D eigenvalue weighted by Crippen LogP contribution is 2.31. The largest absolute Gasteiger partial charge is 0.460 e. The third-order valence-electron chi connectivity index (χ3n) is 6.53. The molecule has 198 valence electrons. The summed E-state index contributed by atoms with van der Waals surface area (Å²) in [6.07, 6.45) is 3.38. The van der Waals surface area contributed by atoms with E-state index in [1.807, 2.05) is 38.1 Å². The molecule has 0 bridgehead atoms. The number of hydrogen-bond acceptors (Lipinski definition) is 8. The highest BCUT2D eigenvalue weighted by molar-refractivity contribution is 5.95. The van der Waals surface area contributed by atoms with Crippen LogP contribution in [0.15, 0.2) is 51.7 Å². The average molecular weight is 509 g/mol. The molecule has 1 aliphatic heterocycles. The van der Waals surface area contributed by atoms with E-state index >= 15 is 0 Å². The standard InChI is InChI=1S/C29H36N2O6/c1-20-17-23(28-24(18-20)26(32)19-27(37-28)31-11-7-4-8-12-31)21(2)30-25-10-6-5-9-22(25)29(33)36-16-15-35-14-13-34-3/h5-6,9-10,17-19,21,30H,4,7-8,11-16H2,1-3H3/t21-/m1/s1. The maximum absolute atomic E-state index is 13.1. The molecule has 4 rings (SSSR count). The van der Waals surface area contributed by atoms with E-state index in [-0.39, 0.29) is 18.1 Å². The summed E-state index contributed by atoms with van der Waals surface area (Å²) in [5.41, 5.74) is 3.43. The number of nitrogens with zero attached hydrogens (tertiary/aromatic N) is 1. The molecule has 3 aromatic rings. The monoisotopic (exact) mass is 508 g/mol. The van der Waals surface area contributed by atoms with Crippen molar-refractivity contribution in [3.8, 4) is 0 Å². The fourth-order valence-corrected chi connectivity index (χ4v) is 4.63. The molecule has 37 heavy (non-hydrogen) atoms. The molecule has 0 amide bonds. The minimum absolute atomic E-state index is 0.0457. The molecule has 2 aromatic carbocycles. The van der Waals surface area contributed by atoms with Crippen LogP contribution in [0.2, 0.25) is 0 Å². The quantitative estimate of drug-likeness (QED) is 0.283. The van der Waals surface area contributed by atoms with Crippen LogP contribution in [0.3, 0.4) is 0 Å². The molecule has 1 fully saturated rings. The maximum Gasteiger partial charge on any atom is 0.340 e. The van der Waals surface area contributed by atoms with E-state index in [9.17, 15) is 9.59 Å². The Morgan fingerprint density at radius 3 is 2.59 bits per heavy atom. The van der Waals surface area contributed by atoms with Gasteiger partial charge in [-0.3, -0.25) is 4.79 Å². The Bertz CT molecular complexity index is 1260. The molecule has 0 spiro atoms. The van der Waals surface area contributed by atoms with E-state index in [1.54, 1.807) is 25.3 Å². The molecule has 1 aromatic heterocycles. The molecule has 1 N–H and O–H groups in total. The van der Waals surface area contributed by atoms with Gasteiger partial charge in [-0.1, -0.05) is 18.2 Å². The number of para-hydroxylation sites is 1. The number of rotatable bonds is 11. The average Bonchev–Trinajstić information content (AvgIpc) is 2.91. The lowest BCUT2D eigenvalue weighted by atomic mass is 10.0. The Kier molecular flexibility index (Phi) is 9.19. The number of benzene rings is 2. The molecule has 0 radical (unpaired) electrons. The Labute approximate surface area is 217 Å². The first-order chi connectivity index (χ1) is 18.0. The molecular formula is C29H36N2O6. The number of piperidine rings is 1. The second kappa shape index (κ2) is 12.7. The van der Waals surface area contributed by atoms with Crippen molar-refractivity contribution >= 4 is 28.5 Å². The first-order valence-corrected chi connectivity index (χ1v) is 12.9. The van der Waals surface area contributed by atoms with E-state index in [4.69, 9.17) is 18.6 Å². The second-order valence-corrected chi connectivity index (χ2v) is 9.38. The predicted molar refractivity (Wildman–Crippen MR) is 145 cm³/mol. The molecule has 1 aliphatic rings. The van der Waals surface area contributed by atoms with Gasteiger partial charge in [0.25, 0.3) is 0 Å². The number of methoxy groups -OCH3 is 1. The maximum atomic E-state index is 13.1. The van der Waals surface area contributed by atoms with Crippen molar-refractivity contribution in [2.75, 3.05) is 56.8 Å². The number of anilines is 2. The van der Waals surface area contributed by atoms with Crippen LogP contribution in [0.25, 0.3) is 11.0 Å². The zero-order valence-electron chi connectivity index (χ0n) is 21.9. The third kappa shape index (κ3) is 6.70. The van der Waals surface area contributed by atoms with Gasteiger partial charge in [0.1, 0.15) is 12.2 Å². The van der Waals surface area contributed by atoms with E-state index < -0.39 is 5.97 Å². The normalized spacial score (nSPS) is 14.5. The van der Waals surface area contributed by atoms with Gasteiger partial charge < -0.3 is 28.8 Å². The van der Waals surface area contributed by atoms with E-state index in [1.165, 1.54) is 6.42 Å². The number of carbonyl (C=O) groups excluding carboxylic acids is 1. The summed E-state index contributed by atoms with van der Waals surface area (Å²) in [5.74, 6) is 0.185. The van der Waals surface area contributed by atoms with Crippen molar-refractivity contribution in [3.05, 3.63) is 69.4 Å². The fraction of sp³-hybridized carbons (Fsp3) is 0.448. The van der Waals surface area contributed by atoms with Gasteiger partial charge in [0.2, 0.25) is 0 Å². The molecule has 8 heteroatoms. The Morgan fingerprint density at radius 2 is 1.81 bits per heavy atom. The van der Waals surface area contributed by atoms with Crippen molar-refractivity contribution in [2.45, 2.75) is 39.2 Å². The zero-order chi connectivity index (χ0) is 26.2. The Morgan fingerprint density at radius 1 is 1.05 bits per heavy atom. The van der Waals surface area contributed by atoms with Gasteiger partial charge in [0.05, 0.1) is 36.8 Å². The van der Waals surface area contributed by atoms with Crippen LogP contribution >= 0.6 is 0 Å². The topological polar surface area (TPSA) is 90.2 Å². The van der Waals surface area contributed by atoms with Gasteiger partial charge in [0.15, 0.2) is 11.3 Å². The van der Waals surface area contributed by atoms with Crippen LogP contribution in [-0.2, 0) is 14.2 Å². The minimum Gasteiger partial charge on any atom is -0.460 e. The number of fused-ring (bicyclic) bond motifs is 1. The third-order valence-corrected chi connectivity index (χ3v) is 6.53. The summed E-state index contributed by atoms with van der Waals surface area (Å²) in [6, 6.07) is 12.5. The first kappa shape index (κ1) is 26.7. The number of aryl methyl sites for hydroxylation is 1. The molecule has 8 nitrogen and oxygen atoms in total. The Balaban J connectivity index is 1.56. The summed E-state index contributed by atoms with van der Waals surface area (Å²) in [6.45, 7) is 7.12. The molecule has 1 saturated heterocycles. The summed E-state index contributed by atoms with van der Waals surface area (Å²) in [5, 5.41) is 4.00. The van der Waals surface area contributed by atoms with Crippen LogP contribution in [0, 0.1) is 6.92 Å². The van der Waals surface area contributed by atoms with Crippen molar-refractivity contribution in [1.82, 2.24) is 0 Å². The van der Waals surface area contributed by atoms with Gasteiger partial charge >= 0.3 is 5.97 Å². The van der Waals surface area contributed by atoms with Crippen molar-refractivity contribution in [1.29, 1.82) is 0 Å². The smallest absolute Gasteiger partial charge is 0.340 e. The van der Waals surface area contributed by atoms with Crippen molar-refractivity contribution in [3.63, 3.8) is 0 Å². The summed E-state index contributed by atoms with van der Waals surface area (Å²) >= 11 is 0. The summed E-state index contributed by atoms with van der Waals surface area (Å²) < 4.78 is 22.1. The van der Waals surface area contributed by atoms with Crippen LogP contribution in [0.5, 0.6) is 0 Å². The van der Waals surface area contributed by atoms with E-state index in [0.717, 1.165) is 37.1 Å². The molecule has 2 heterocycles. The lowest BCUT2D eigenvalue weighted by Gasteiger charge is -2.27. The van der Waals surface area contributed by atoms with Crippen LogP contribution in [0.1, 0.15) is 53.7 Å². The van der Waals surface area contributed by atoms with Gasteiger partial charge in [-0.25, -0.2) is 4.79 Å². The SMILES string of the molecule is COCCOCCOC(=O)c1ccccc1N[C@H](C)c1cc(C)cc2c(=O)cc(N3CCCCC3)oc12. The lowest BCUT2D eigenvalue weighted by Crippen LogP contribution is -2.30. The fourth-order valence-electron chi connectivity index (χ4n) is 4.63. The number of nitrogens with one attached hydrogen (secondary N) is 1. The first-order valence-electron chi connectivity index (χ1n) is 12.9. The molecule has 0 saturated carbocycles. The molecular weight excluding hydrogens is 472 g/mol. The number of esters is 1. The van der Waals surface area contributed by atoms with Gasteiger partial charge in [-0.15, -0.1) is 0 Å². The van der Waals surface area contributed by atoms with Crippen LogP contribution in [0.4, 0.5) is 11.6 Å². The van der Waals surface area contributed by atoms with Gasteiger partial charge in [-0.2, -0.15) is 0 Å². The zero-order valence-corrected chi connectivity index (χ0v) is 21.9. The number of carbonyl (C=O) groups is 1.